The summed E-state index contributed by atoms with van der Waals surface area (Å²) in [7, 11) is 0. The van der Waals surface area contributed by atoms with Gasteiger partial charge in [-0.25, -0.2) is 5.43 Å². The molecule has 3 rings (SSSR count). The van der Waals surface area contributed by atoms with Gasteiger partial charge in [0.25, 0.3) is 0 Å². The van der Waals surface area contributed by atoms with Gasteiger partial charge in [0.1, 0.15) is 13.2 Å². The SMILES string of the molecule is Cl.N=C(N)NN=Cc1ccc(OCc2ccccc2)c(OCc2ccccc2)c1. The zero-order chi connectivity index (χ0) is 19.6. The van der Waals surface area contributed by atoms with Gasteiger partial charge in [-0.15, -0.1) is 12.4 Å². The Hall–Kier alpha value is -3.51. The molecule has 6 nitrogen and oxygen atoms in total. The summed E-state index contributed by atoms with van der Waals surface area (Å²) in [5, 5.41) is 11.0. The van der Waals surface area contributed by atoms with Crippen molar-refractivity contribution in [2.24, 2.45) is 10.8 Å². The van der Waals surface area contributed by atoms with Crippen molar-refractivity contribution in [1.82, 2.24) is 5.43 Å². The maximum atomic E-state index is 7.14. The standard InChI is InChI=1S/C22H22N4O2.ClH/c23-22(24)26-25-14-19-11-12-20(27-15-17-7-3-1-4-8-17)21(13-19)28-16-18-9-5-2-6-10-18;/h1-14H,15-16H2,(H4,23,24,26);1H. The first-order valence-corrected chi connectivity index (χ1v) is 8.81. The fourth-order valence-electron chi connectivity index (χ4n) is 2.48. The summed E-state index contributed by atoms with van der Waals surface area (Å²) in [5.41, 5.74) is 10.6. The Morgan fingerprint density at radius 2 is 1.41 bits per heavy atom. The van der Waals surface area contributed by atoms with E-state index in [0.29, 0.717) is 24.7 Å². The lowest BCUT2D eigenvalue weighted by molar-refractivity contribution is 0.256. The first-order chi connectivity index (χ1) is 13.7. The summed E-state index contributed by atoms with van der Waals surface area (Å²) >= 11 is 0. The number of rotatable bonds is 8. The van der Waals surface area contributed by atoms with Crippen molar-refractivity contribution in [3.63, 3.8) is 0 Å². The third-order valence-electron chi connectivity index (χ3n) is 3.84. The van der Waals surface area contributed by atoms with Crippen LogP contribution in [0.5, 0.6) is 11.5 Å². The van der Waals surface area contributed by atoms with Crippen LogP contribution in [0.4, 0.5) is 0 Å². The Kier molecular flexibility index (Phi) is 8.53. The minimum Gasteiger partial charge on any atom is -0.485 e. The second-order valence-corrected chi connectivity index (χ2v) is 6.04. The van der Waals surface area contributed by atoms with E-state index < -0.39 is 0 Å². The molecule has 4 N–H and O–H groups in total. The summed E-state index contributed by atoms with van der Waals surface area (Å²) < 4.78 is 12.0. The van der Waals surface area contributed by atoms with Gasteiger partial charge in [0.2, 0.25) is 5.96 Å². The molecular weight excluding hydrogens is 388 g/mol. The van der Waals surface area contributed by atoms with Gasteiger partial charge in [0.15, 0.2) is 11.5 Å². The van der Waals surface area contributed by atoms with Gasteiger partial charge >= 0.3 is 0 Å². The molecule has 150 valence electrons. The molecule has 0 atom stereocenters. The molecular formula is C22H23ClN4O2. The van der Waals surface area contributed by atoms with Crippen molar-refractivity contribution >= 4 is 24.6 Å². The monoisotopic (exact) mass is 410 g/mol. The summed E-state index contributed by atoms with van der Waals surface area (Å²) in [6.45, 7) is 0.872. The zero-order valence-electron chi connectivity index (χ0n) is 15.7. The minimum atomic E-state index is -0.223. The smallest absolute Gasteiger partial charge is 0.206 e. The minimum absolute atomic E-state index is 0. The van der Waals surface area contributed by atoms with Gasteiger partial charge < -0.3 is 15.2 Å². The number of benzene rings is 3. The van der Waals surface area contributed by atoms with E-state index in [0.717, 1.165) is 16.7 Å². The van der Waals surface area contributed by atoms with Crippen molar-refractivity contribution in [3.05, 3.63) is 95.6 Å². The Labute approximate surface area is 176 Å². The van der Waals surface area contributed by atoms with E-state index in [1.165, 1.54) is 0 Å². The van der Waals surface area contributed by atoms with Gasteiger partial charge in [-0.2, -0.15) is 5.10 Å². The first-order valence-electron chi connectivity index (χ1n) is 8.81. The van der Waals surface area contributed by atoms with Crippen LogP contribution in [0.3, 0.4) is 0 Å². The molecule has 0 saturated heterocycles. The number of hydrogen-bond acceptors (Lipinski definition) is 4. The largest absolute Gasteiger partial charge is 0.485 e. The van der Waals surface area contributed by atoms with Crippen LogP contribution >= 0.6 is 12.4 Å². The van der Waals surface area contributed by atoms with Gasteiger partial charge in [-0.1, -0.05) is 60.7 Å². The molecule has 0 fully saturated rings. The number of guanidine groups is 1. The number of nitrogens with one attached hydrogen (secondary N) is 2. The van der Waals surface area contributed by atoms with Crippen LogP contribution in [0, 0.1) is 5.41 Å². The van der Waals surface area contributed by atoms with Crippen molar-refractivity contribution < 1.29 is 9.47 Å². The van der Waals surface area contributed by atoms with Crippen LogP contribution < -0.4 is 20.6 Å². The highest BCUT2D eigenvalue weighted by molar-refractivity contribution is 5.85. The van der Waals surface area contributed by atoms with E-state index in [-0.39, 0.29) is 18.4 Å². The highest BCUT2D eigenvalue weighted by Gasteiger charge is 2.08. The maximum Gasteiger partial charge on any atom is 0.206 e. The summed E-state index contributed by atoms with van der Waals surface area (Å²) in [6, 6.07) is 25.4. The molecule has 0 amide bonds. The number of ether oxygens (including phenoxy) is 2. The molecule has 3 aromatic rings. The molecule has 0 aromatic heterocycles. The molecule has 0 spiro atoms. The number of hydrazone groups is 1. The molecule has 3 aromatic carbocycles. The normalized spacial score (nSPS) is 10.2. The van der Waals surface area contributed by atoms with E-state index in [4.69, 9.17) is 20.6 Å². The third-order valence-corrected chi connectivity index (χ3v) is 3.84. The molecule has 0 bridgehead atoms. The summed E-state index contributed by atoms with van der Waals surface area (Å²) in [6.07, 6.45) is 1.57. The van der Waals surface area contributed by atoms with Crippen LogP contribution in [0.15, 0.2) is 84.0 Å². The highest BCUT2D eigenvalue weighted by atomic mass is 35.5. The number of nitrogens with two attached hydrogens (primary N) is 1. The molecule has 0 aliphatic rings. The van der Waals surface area contributed by atoms with E-state index >= 15 is 0 Å². The molecule has 0 aliphatic carbocycles. The lowest BCUT2D eigenvalue weighted by atomic mass is 10.2. The van der Waals surface area contributed by atoms with E-state index in [9.17, 15) is 0 Å². The van der Waals surface area contributed by atoms with Crippen molar-refractivity contribution in [1.29, 1.82) is 5.41 Å². The predicted molar refractivity (Wildman–Crippen MR) is 118 cm³/mol. The predicted octanol–water partition coefficient (Wildman–Crippen LogP) is 4.08. The number of halogens is 1. The van der Waals surface area contributed by atoms with E-state index in [2.05, 4.69) is 10.5 Å². The van der Waals surface area contributed by atoms with Crippen LogP contribution in [-0.4, -0.2) is 12.2 Å². The van der Waals surface area contributed by atoms with Crippen LogP contribution in [0.1, 0.15) is 16.7 Å². The average molecular weight is 411 g/mol. The molecule has 0 aliphatic heterocycles. The lowest BCUT2D eigenvalue weighted by Crippen LogP contribution is -2.25. The van der Waals surface area contributed by atoms with E-state index in [1.807, 2.05) is 78.9 Å². The second kappa shape index (κ2) is 11.4. The van der Waals surface area contributed by atoms with E-state index in [1.54, 1.807) is 6.21 Å². The molecule has 0 heterocycles. The summed E-state index contributed by atoms with van der Waals surface area (Å²) in [4.78, 5) is 0. The van der Waals surface area contributed by atoms with Gasteiger partial charge in [0.05, 0.1) is 6.21 Å². The Bertz CT molecular complexity index is 934. The van der Waals surface area contributed by atoms with Crippen LogP contribution in [0.25, 0.3) is 0 Å². The van der Waals surface area contributed by atoms with Crippen molar-refractivity contribution in [2.75, 3.05) is 0 Å². The quantitative estimate of drug-likeness (QED) is 0.296. The molecule has 7 heteroatoms. The topological polar surface area (TPSA) is 92.7 Å². The first kappa shape index (κ1) is 21.8. The number of hydrogen-bond donors (Lipinski definition) is 3. The molecule has 0 saturated carbocycles. The molecule has 29 heavy (non-hydrogen) atoms. The van der Waals surface area contributed by atoms with Crippen molar-refractivity contribution in [2.45, 2.75) is 13.2 Å². The fraction of sp³-hybridized carbons (Fsp3) is 0.0909. The fourth-order valence-corrected chi connectivity index (χ4v) is 2.48. The highest BCUT2D eigenvalue weighted by Crippen LogP contribution is 2.29. The maximum absolute atomic E-state index is 7.14. The Morgan fingerprint density at radius 3 is 1.97 bits per heavy atom. The Morgan fingerprint density at radius 1 is 0.862 bits per heavy atom. The molecule has 0 unspecified atom stereocenters. The Balaban J connectivity index is 0.00000300. The van der Waals surface area contributed by atoms with Crippen LogP contribution in [-0.2, 0) is 13.2 Å². The van der Waals surface area contributed by atoms with Gasteiger partial charge in [0, 0.05) is 0 Å². The van der Waals surface area contributed by atoms with Gasteiger partial charge in [-0.05, 0) is 34.9 Å². The zero-order valence-corrected chi connectivity index (χ0v) is 16.6. The third kappa shape index (κ3) is 7.20. The van der Waals surface area contributed by atoms with Crippen LogP contribution in [0.2, 0.25) is 0 Å². The number of nitrogens with zero attached hydrogens (tertiary/aromatic N) is 1. The average Bonchev–Trinajstić information content (AvgIpc) is 2.73. The molecule has 0 radical (unpaired) electrons. The lowest BCUT2D eigenvalue weighted by Gasteiger charge is -2.14. The summed E-state index contributed by atoms with van der Waals surface area (Å²) in [5.74, 6) is 1.04. The van der Waals surface area contributed by atoms with Gasteiger partial charge in [-0.3, -0.25) is 5.41 Å². The van der Waals surface area contributed by atoms with Crippen molar-refractivity contribution in [3.8, 4) is 11.5 Å². The second-order valence-electron chi connectivity index (χ2n) is 6.04.